The van der Waals surface area contributed by atoms with E-state index in [1.54, 1.807) is 6.07 Å². The second-order valence-electron chi connectivity index (χ2n) is 18.4. The molecule has 0 aliphatic heterocycles. The van der Waals surface area contributed by atoms with Crippen molar-refractivity contribution < 1.29 is 13.3 Å². The zero-order chi connectivity index (χ0) is 47.7. The smallest absolute Gasteiger partial charge is 0.149 e. The minimum atomic E-state index is -3.01. The van der Waals surface area contributed by atoms with Gasteiger partial charge in [0.05, 0.1) is 22.3 Å². The van der Waals surface area contributed by atoms with E-state index in [4.69, 9.17) is 18.2 Å². The van der Waals surface area contributed by atoms with E-state index in [1.807, 2.05) is 86.1 Å². The average Bonchev–Trinajstić information content (AvgIpc) is 3.65. The number of hydrogen-bond acceptors (Lipinski definition) is 3. The van der Waals surface area contributed by atoms with E-state index in [2.05, 4.69) is 107 Å². The molecule has 8 rings (SSSR count). The number of benzene rings is 6. The maximum absolute atomic E-state index is 12.6. The van der Waals surface area contributed by atoms with Gasteiger partial charge in [-0.05, 0) is 123 Å². The van der Waals surface area contributed by atoms with Crippen molar-refractivity contribution in [2.45, 2.75) is 92.3 Å². The van der Waals surface area contributed by atoms with Crippen LogP contribution in [0, 0.1) is 13.8 Å². The number of rotatable bonds is 6. The highest BCUT2D eigenvalue weighted by Crippen LogP contribution is 2.45. The lowest BCUT2D eigenvalue weighted by Gasteiger charge is -2.27. The van der Waals surface area contributed by atoms with Crippen molar-refractivity contribution in [2.24, 2.45) is 0 Å². The van der Waals surface area contributed by atoms with Gasteiger partial charge in [-0.3, -0.25) is 9.55 Å². The van der Waals surface area contributed by atoms with E-state index in [0.717, 1.165) is 67.0 Å². The van der Waals surface area contributed by atoms with Gasteiger partial charge in [-0.15, -0.1) is 0 Å². The van der Waals surface area contributed by atoms with Crippen molar-refractivity contribution in [1.82, 2.24) is 14.5 Å². The zero-order valence-corrected chi connectivity index (χ0v) is 36.1. The molecule has 0 fully saturated rings. The summed E-state index contributed by atoms with van der Waals surface area (Å²) in [5, 5.41) is 12.6. The largest absolute Gasteiger partial charge is 0.507 e. The summed E-state index contributed by atoms with van der Waals surface area (Å²) < 4.78 is 53.7. The number of fused-ring (bicyclic) bond motifs is 1. The third-order valence-corrected chi connectivity index (χ3v) is 11.5. The van der Waals surface area contributed by atoms with Crippen LogP contribution in [0.4, 0.5) is 0 Å². The number of para-hydroxylation sites is 1. The van der Waals surface area contributed by atoms with Gasteiger partial charge < -0.3 is 5.11 Å². The van der Waals surface area contributed by atoms with Crippen LogP contribution in [0.15, 0.2) is 140 Å². The van der Waals surface area contributed by atoms with Gasteiger partial charge in [-0.2, -0.15) is 0 Å². The number of aryl methyl sites for hydroxylation is 2. The fourth-order valence-electron chi connectivity index (χ4n) is 8.00. The van der Waals surface area contributed by atoms with Crippen LogP contribution in [0.3, 0.4) is 0 Å². The van der Waals surface area contributed by atoms with E-state index in [1.165, 1.54) is 12.5 Å². The maximum atomic E-state index is 12.6. The van der Waals surface area contributed by atoms with E-state index in [9.17, 15) is 5.11 Å². The van der Waals surface area contributed by atoms with E-state index >= 15 is 0 Å². The number of hydrogen-bond donors (Lipinski definition) is 1. The fraction of sp³-hybridized carbons (Fsp3) is 0.250. The minimum Gasteiger partial charge on any atom is -0.507 e. The lowest BCUT2D eigenvalue weighted by molar-refractivity contribution is 0.446. The predicted molar refractivity (Wildman–Crippen MR) is 253 cm³/mol. The second kappa shape index (κ2) is 15.1. The van der Waals surface area contributed by atoms with Crippen molar-refractivity contribution in [3.8, 4) is 67.5 Å². The van der Waals surface area contributed by atoms with Gasteiger partial charge in [0, 0.05) is 36.8 Å². The van der Waals surface area contributed by atoms with E-state index in [0.29, 0.717) is 16.9 Å². The molecule has 0 radical (unpaired) electrons. The number of aromatic nitrogens is 3. The summed E-state index contributed by atoms with van der Waals surface area (Å²) in [4.78, 5) is 10.3. The highest BCUT2D eigenvalue weighted by Gasteiger charge is 2.29. The number of phenolic OH excluding ortho intramolecular Hbond substituents is 1. The first-order valence-corrected chi connectivity index (χ1v) is 20.6. The van der Waals surface area contributed by atoms with E-state index < -0.39 is 30.3 Å². The molecule has 0 atom stereocenters. The third-order valence-electron chi connectivity index (χ3n) is 11.5. The number of pyridine rings is 1. The Hall–Kier alpha value is -6.26. The standard InChI is InChI=1S/C56H57N3O/c1-35-20-22-37(23-21-35)39-26-27-57-49(32-39)41-29-40(30-42(31-41)54(3,4)5)46-18-15-19-50-51(46)58-53(47-33-43(55(6,7)8)34-48(52(47)60)56(9,10)11)59(50)44-24-25-45(36(2)28-44)38-16-13-12-14-17-38/h12-34,60H,1-11H3/i9D3,10D3. The molecule has 0 saturated carbocycles. The Morgan fingerprint density at radius 3 is 1.93 bits per heavy atom. The van der Waals surface area contributed by atoms with Gasteiger partial charge in [0.1, 0.15) is 11.6 Å². The Kier molecular flexibility index (Phi) is 8.44. The number of imidazole rings is 1. The molecule has 60 heavy (non-hydrogen) atoms. The number of aromatic hydroxyl groups is 1. The summed E-state index contributed by atoms with van der Waals surface area (Å²) in [5.41, 5.74) is 10.8. The molecule has 4 nitrogen and oxygen atoms in total. The summed E-state index contributed by atoms with van der Waals surface area (Å²) in [6.07, 6.45) is 1.85. The molecule has 0 bridgehead atoms. The van der Waals surface area contributed by atoms with Crippen molar-refractivity contribution in [2.75, 3.05) is 0 Å². The Bertz CT molecular complexity index is 3100. The van der Waals surface area contributed by atoms with Gasteiger partial charge in [0.25, 0.3) is 0 Å². The molecule has 8 aromatic rings. The highest BCUT2D eigenvalue weighted by atomic mass is 16.3. The van der Waals surface area contributed by atoms with Gasteiger partial charge >= 0.3 is 0 Å². The predicted octanol–water partition coefficient (Wildman–Crippen LogP) is 15.0. The first-order valence-electron chi connectivity index (χ1n) is 23.6. The van der Waals surface area contributed by atoms with Crippen LogP contribution in [-0.4, -0.2) is 19.6 Å². The molecule has 2 heterocycles. The topological polar surface area (TPSA) is 50.9 Å². The molecule has 1 N–H and O–H groups in total. The summed E-state index contributed by atoms with van der Waals surface area (Å²) in [7, 11) is 0. The molecule has 0 amide bonds. The normalized spacial score (nSPS) is 14.2. The molecule has 0 spiro atoms. The average molecular weight is 794 g/mol. The molecule has 0 aliphatic rings. The van der Waals surface area contributed by atoms with Gasteiger partial charge in [0.15, 0.2) is 0 Å². The Labute approximate surface area is 365 Å². The molecular weight excluding hydrogens is 731 g/mol. The lowest BCUT2D eigenvalue weighted by atomic mass is 9.79. The summed E-state index contributed by atoms with van der Waals surface area (Å²) >= 11 is 0. The Balaban J connectivity index is 1.44. The minimum absolute atomic E-state index is 0.178. The number of phenols is 1. The molecule has 0 unspecified atom stereocenters. The summed E-state index contributed by atoms with van der Waals surface area (Å²) in [5.74, 6) is -0.0997. The molecule has 0 aliphatic carbocycles. The van der Waals surface area contributed by atoms with Crippen LogP contribution >= 0.6 is 0 Å². The van der Waals surface area contributed by atoms with Gasteiger partial charge in [-0.25, -0.2) is 4.98 Å². The van der Waals surface area contributed by atoms with Crippen LogP contribution in [-0.2, 0) is 16.2 Å². The lowest BCUT2D eigenvalue weighted by Crippen LogP contribution is -2.17. The maximum Gasteiger partial charge on any atom is 0.149 e. The zero-order valence-electron chi connectivity index (χ0n) is 42.1. The molecule has 302 valence electrons. The monoisotopic (exact) mass is 793 g/mol. The first-order chi connectivity index (χ1) is 30.9. The molecule has 4 heteroatoms. The quantitative estimate of drug-likeness (QED) is 0.182. The third kappa shape index (κ3) is 7.79. The fourth-order valence-corrected chi connectivity index (χ4v) is 8.00. The van der Waals surface area contributed by atoms with Crippen LogP contribution in [0.1, 0.15) is 98.2 Å². The molecule has 2 aromatic heterocycles. The Morgan fingerprint density at radius 2 is 1.25 bits per heavy atom. The van der Waals surface area contributed by atoms with Gasteiger partial charge in [-0.1, -0.05) is 153 Å². The van der Waals surface area contributed by atoms with Crippen LogP contribution in [0.25, 0.3) is 72.7 Å². The summed E-state index contributed by atoms with van der Waals surface area (Å²) in [6.45, 7) is 11.8. The van der Waals surface area contributed by atoms with Crippen LogP contribution < -0.4 is 0 Å². The molecule has 0 saturated heterocycles. The van der Waals surface area contributed by atoms with Crippen molar-refractivity contribution in [3.05, 3.63) is 167 Å². The van der Waals surface area contributed by atoms with Crippen LogP contribution in [0.2, 0.25) is 0 Å². The van der Waals surface area contributed by atoms with Crippen molar-refractivity contribution >= 4 is 11.0 Å². The second-order valence-corrected chi connectivity index (χ2v) is 18.4. The number of nitrogens with zero attached hydrogens (tertiary/aromatic N) is 3. The molecular formula is C56H57N3O. The summed E-state index contributed by atoms with van der Waals surface area (Å²) in [6, 6.07) is 45.0. The van der Waals surface area contributed by atoms with Crippen molar-refractivity contribution in [3.63, 3.8) is 0 Å². The SMILES string of the molecule is [2H]C([2H])([2H])C(C)(c1cc(C(C)(C)C)cc(-c2nc3c(-c4cc(-c5cc(-c6ccc(C)cc6)ccn5)cc(C(C)(C)C)c4)cccc3n2-c2ccc(-c3ccccc3)c(C)c2)c1O)C([2H])([2H])[2H]. The van der Waals surface area contributed by atoms with Gasteiger partial charge in [0.2, 0.25) is 0 Å². The van der Waals surface area contributed by atoms with Crippen LogP contribution in [0.5, 0.6) is 5.75 Å². The highest BCUT2D eigenvalue weighted by molar-refractivity contribution is 5.97. The first kappa shape index (κ1) is 33.6. The molecule has 6 aromatic carbocycles. The van der Waals surface area contributed by atoms with E-state index in [-0.39, 0.29) is 16.5 Å². The Morgan fingerprint density at radius 1 is 0.550 bits per heavy atom. The van der Waals surface area contributed by atoms with Crippen molar-refractivity contribution in [1.29, 1.82) is 0 Å².